The number of nitrogens with one attached hydrogen (secondary N) is 2. The largest absolute Gasteiger partial charge is 0.342 e. The average molecular weight is 399 g/mol. The molecule has 2 aliphatic heterocycles. The summed E-state index contributed by atoms with van der Waals surface area (Å²) in [5, 5.41) is 13.9. The second-order valence-corrected chi connectivity index (χ2v) is 8.59. The summed E-state index contributed by atoms with van der Waals surface area (Å²) in [6.07, 6.45) is 4.37. The van der Waals surface area contributed by atoms with Crippen molar-refractivity contribution >= 4 is 11.8 Å². The predicted octanol–water partition coefficient (Wildman–Crippen LogP) is 1.54. The molecule has 0 aromatic carbocycles. The monoisotopic (exact) mass is 399 g/mol. The Morgan fingerprint density at radius 2 is 1.79 bits per heavy atom. The number of aryl methyl sites for hydroxylation is 3. The molecule has 0 bridgehead atoms. The zero-order valence-corrected chi connectivity index (χ0v) is 17.4. The number of H-pyrrole nitrogens is 2. The smallest absolute Gasteiger partial charge is 0.293 e. The normalized spacial score (nSPS) is 18.6. The first-order chi connectivity index (χ1) is 13.9. The van der Waals surface area contributed by atoms with Crippen LogP contribution in [0.3, 0.4) is 0 Å². The molecule has 0 atom stereocenters. The fraction of sp³-hybridized carbons (Fsp3) is 0.650. The van der Waals surface area contributed by atoms with Crippen molar-refractivity contribution in [2.24, 2.45) is 5.41 Å². The summed E-state index contributed by atoms with van der Waals surface area (Å²) in [5.74, 6) is 0.927. The van der Waals surface area contributed by atoms with Crippen LogP contribution >= 0.6 is 0 Å². The molecule has 2 aliphatic rings. The molecule has 0 radical (unpaired) electrons. The third-order valence-corrected chi connectivity index (χ3v) is 6.26. The number of hydrogen-bond donors (Lipinski definition) is 2. The minimum Gasteiger partial charge on any atom is -0.342 e. The molecular formula is C20H29N7O2. The number of aromatic amines is 2. The molecule has 9 heteroatoms. The maximum atomic E-state index is 12.9. The Balaban J connectivity index is 1.36. The summed E-state index contributed by atoms with van der Waals surface area (Å²) in [7, 11) is 0. The summed E-state index contributed by atoms with van der Waals surface area (Å²) in [5.41, 5.74) is 3.16. The SMILES string of the molecule is Cc1nc(C(=O)N2CC3(CCCCN(C(=O)CCc4c(C)n[nH]c4C)C3)C2)n[nH]1. The molecule has 2 aromatic rings. The molecule has 2 amide bonds. The minimum atomic E-state index is -0.131. The summed E-state index contributed by atoms with van der Waals surface area (Å²) < 4.78 is 0. The van der Waals surface area contributed by atoms with E-state index >= 15 is 0 Å². The zero-order chi connectivity index (χ0) is 20.6. The first-order valence-electron chi connectivity index (χ1n) is 10.3. The van der Waals surface area contributed by atoms with Crippen molar-refractivity contribution in [3.63, 3.8) is 0 Å². The molecule has 0 saturated carbocycles. The van der Waals surface area contributed by atoms with E-state index in [0.717, 1.165) is 49.3 Å². The highest BCUT2D eigenvalue weighted by molar-refractivity contribution is 5.91. The molecule has 2 N–H and O–H groups in total. The van der Waals surface area contributed by atoms with Gasteiger partial charge in [-0.2, -0.15) is 5.10 Å². The van der Waals surface area contributed by atoms with Gasteiger partial charge in [0.05, 0.1) is 5.69 Å². The maximum Gasteiger partial charge on any atom is 0.293 e. The van der Waals surface area contributed by atoms with Crippen molar-refractivity contribution in [3.8, 4) is 0 Å². The molecule has 2 fully saturated rings. The molecule has 9 nitrogen and oxygen atoms in total. The van der Waals surface area contributed by atoms with Crippen LogP contribution in [-0.2, 0) is 11.2 Å². The summed E-state index contributed by atoms with van der Waals surface area (Å²) in [4.78, 5) is 33.4. The van der Waals surface area contributed by atoms with E-state index in [1.165, 1.54) is 0 Å². The molecule has 29 heavy (non-hydrogen) atoms. The molecule has 2 aromatic heterocycles. The third-order valence-electron chi connectivity index (χ3n) is 6.26. The van der Waals surface area contributed by atoms with Crippen LogP contribution in [0.25, 0.3) is 0 Å². The highest BCUT2D eigenvalue weighted by Crippen LogP contribution is 2.39. The average Bonchev–Trinajstić information content (AvgIpc) is 3.15. The summed E-state index contributed by atoms with van der Waals surface area (Å²) in [6, 6.07) is 0. The van der Waals surface area contributed by atoms with Gasteiger partial charge in [0.15, 0.2) is 0 Å². The third kappa shape index (κ3) is 3.90. The first-order valence-corrected chi connectivity index (χ1v) is 10.3. The molecule has 0 aliphatic carbocycles. The minimum absolute atomic E-state index is 0.00858. The van der Waals surface area contributed by atoms with Crippen LogP contribution in [0.15, 0.2) is 0 Å². The van der Waals surface area contributed by atoms with Crippen molar-refractivity contribution in [2.75, 3.05) is 26.2 Å². The van der Waals surface area contributed by atoms with Crippen LogP contribution in [0.4, 0.5) is 0 Å². The van der Waals surface area contributed by atoms with E-state index in [4.69, 9.17) is 0 Å². The molecule has 1 spiro atoms. The lowest BCUT2D eigenvalue weighted by Gasteiger charge is -2.51. The number of amides is 2. The molecule has 4 rings (SSSR count). The zero-order valence-electron chi connectivity index (χ0n) is 17.4. The fourth-order valence-corrected chi connectivity index (χ4v) is 4.66. The Bertz CT molecular complexity index is 890. The van der Waals surface area contributed by atoms with E-state index in [9.17, 15) is 9.59 Å². The molecule has 0 unspecified atom stereocenters. The fourth-order valence-electron chi connectivity index (χ4n) is 4.66. The number of hydrogen-bond acceptors (Lipinski definition) is 5. The molecule has 2 saturated heterocycles. The van der Waals surface area contributed by atoms with Gasteiger partial charge in [0.2, 0.25) is 11.7 Å². The van der Waals surface area contributed by atoms with Crippen LogP contribution in [0, 0.1) is 26.2 Å². The second kappa shape index (κ2) is 7.61. The first kappa shape index (κ1) is 19.6. The predicted molar refractivity (Wildman–Crippen MR) is 106 cm³/mol. The van der Waals surface area contributed by atoms with Crippen LogP contribution in [0.1, 0.15) is 59.1 Å². The standard InChI is InChI=1S/C20H29N7O2/c1-13-16(14(2)23-22-13)6-7-17(28)26-9-5-4-8-20(10-26)11-27(12-20)19(29)18-21-15(3)24-25-18/h4-12H2,1-3H3,(H,22,23)(H,21,24,25). The molecule has 4 heterocycles. The van der Waals surface area contributed by atoms with E-state index in [0.29, 0.717) is 31.8 Å². The van der Waals surface area contributed by atoms with Gasteiger partial charge in [0, 0.05) is 43.7 Å². The Morgan fingerprint density at radius 1 is 1.03 bits per heavy atom. The Hall–Kier alpha value is -2.71. The van der Waals surface area contributed by atoms with Gasteiger partial charge in [-0.05, 0) is 45.6 Å². The van der Waals surface area contributed by atoms with E-state index in [2.05, 4.69) is 25.4 Å². The summed E-state index contributed by atoms with van der Waals surface area (Å²) in [6.45, 7) is 8.62. The number of carbonyl (C=O) groups is 2. The van der Waals surface area contributed by atoms with Gasteiger partial charge in [-0.3, -0.25) is 19.8 Å². The number of likely N-dealkylation sites (tertiary alicyclic amines) is 2. The molecular weight excluding hydrogens is 370 g/mol. The highest BCUT2D eigenvalue weighted by Gasteiger charge is 2.47. The van der Waals surface area contributed by atoms with Crippen LogP contribution < -0.4 is 0 Å². The van der Waals surface area contributed by atoms with Gasteiger partial charge in [-0.25, -0.2) is 4.98 Å². The van der Waals surface area contributed by atoms with E-state index in [1.54, 1.807) is 11.8 Å². The van der Waals surface area contributed by atoms with E-state index in [-0.39, 0.29) is 23.1 Å². The summed E-state index contributed by atoms with van der Waals surface area (Å²) >= 11 is 0. The lowest BCUT2D eigenvalue weighted by atomic mass is 9.75. The number of rotatable bonds is 4. The van der Waals surface area contributed by atoms with Gasteiger partial charge in [-0.15, -0.1) is 5.10 Å². The van der Waals surface area contributed by atoms with Crippen molar-refractivity contribution in [1.29, 1.82) is 0 Å². The quantitative estimate of drug-likeness (QED) is 0.810. The van der Waals surface area contributed by atoms with Crippen molar-refractivity contribution in [1.82, 2.24) is 35.2 Å². The topological polar surface area (TPSA) is 111 Å². The van der Waals surface area contributed by atoms with Gasteiger partial charge in [-0.1, -0.05) is 6.42 Å². The maximum absolute atomic E-state index is 12.9. The van der Waals surface area contributed by atoms with Gasteiger partial charge in [0.1, 0.15) is 5.82 Å². The van der Waals surface area contributed by atoms with Gasteiger partial charge < -0.3 is 9.80 Å². The van der Waals surface area contributed by atoms with E-state index in [1.807, 2.05) is 18.7 Å². The van der Waals surface area contributed by atoms with Crippen molar-refractivity contribution in [3.05, 3.63) is 28.6 Å². The van der Waals surface area contributed by atoms with Crippen molar-refractivity contribution in [2.45, 2.75) is 52.9 Å². The van der Waals surface area contributed by atoms with Crippen LogP contribution in [-0.4, -0.2) is 73.2 Å². The highest BCUT2D eigenvalue weighted by atomic mass is 16.2. The Morgan fingerprint density at radius 3 is 2.45 bits per heavy atom. The Labute approximate surface area is 170 Å². The lowest BCUT2D eigenvalue weighted by molar-refractivity contribution is -0.134. The van der Waals surface area contributed by atoms with Crippen LogP contribution in [0.2, 0.25) is 0 Å². The molecule has 156 valence electrons. The number of carbonyl (C=O) groups excluding carboxylic acids is 2. The Kier molecular flexibility index (Phi) is 5.14. The number of nitrogens with zero attached hydrogens (tertiary/aromatic N) is 5. The van der Waals surface area contributed by atoms with Gasteiger partial charge in [0.25, 0.3) is 5.91 Å². The second-order valence-electron chi connectivity index (χ2n) is 8.59. The lowest BCUT2D eigenvalue weighted by Crippen LogP contribution is -2.62. The van der Waals surface area contributed by atoms with E-state index < -0.39 is 0 Å². The van der Waals surface area contributed by atoms with Crippen LogP contribution in [0.5, 0.6) is 0 Å². The van der Waals surface area contributed by atoms with Gasteiger partial charge >= 0.3 is 0 Å². The van der Waals surface area contributed by atoms with Crippen molar-refractivity contribution < 1.29 is 9.59 Å². The number of aromatic nitrogens is 5.